The van der Waals surface area contributed by atoms with Crippen LogP contribution < -0.4 is 4.74 Å². The van der Waals surface area contributed by atoms with Gasteiger partial charge in [0.15, 0.2) is 0 Å². The van der Waals surface area contributed by atoms with Crippen LogP contribution in [0, 0.1) is 0 Å². The van der Waals surface area contributed by atoms with Crippen LogP contribution in [0.15, 0.2) is 73.1 Å². The summed E-state index contributed by atoms with van der Waals surface area (Å²) in [7, 11) is 3.84. The van der Waals surface area contributed by atoms with Crippen molar-refractivity contribution in [3.8, 4) is 5.75 Å². The third-order valence-corrected chi connectivity index (χ3v) is 6.45. The van der Waals surface area contributed by atoms with Crippen LogP contribution in [-0.4, -0.2) is 28.1 Å². The first-order valence-electron chi connectivity index (χ1n) is 11.1. The topological polar surface area (TPSA) is 30.3 Å². The van der Waals surface area contributed by atoms with Gasteiger partial charge in [-0.25, -0.2) is 0 Å². The molecule has 0 radical (unpaired) electrons. The molecule has 1 atom stereocenters. The number of nitrogens with zero attached hydrogens (tertiary/aromatic N) is 3. The molecule has 0 saturated carbocycles. The number of pyridine rings is 1. The minimum absolute atomic E-state index is 0.393. The van der Waals surface area contributed by atoms with E-state index in [1.807, 2.05) is 18.3 Å². The van der Waals surface area contributed by atoms with Crippen LogP contribution >= 0.6 is 0 Å². The van der Waals surface area contributed by atoms with E-state index in [4.69, 9.17) is 9.72 Å². The van der Waals surface area contributed by atoms with Crippen LogP contribution in [0.5, 0.6) is 5.75 Å². The first-order chi connectivity index (χ1) is 15.2. The Morgan fingerprint density at radius 1 is 1.03 bits per heavy atom. The summed E-state index contributed by atoms with van der Waals surface area (Å²) < 4.78 is 7.58. The third-order valence-electron chi connectivity index (χ3n) is 6.45. The highest BCUT2D eigenvalue weighted by molar-refractivity contribution is 5.83. The van der Waals surface area contributed by atoms with Gasteiger partial charge in [0.2, 0.25) is 0 Å². The van der Waals surface area contributed by atoms with Gasteiger partial charge in [0.1, 0.15) is 5.75 Å². The maximum absolute atomic E-state index is 5.35. The van der Waals surface area contributed by atoms with Gasteiger partial charge in [-0.3, -0.25) is 9.88 Å². The second-order valence-corrected chi connectivity index (χ2v) is 8.53. The maximum atomic E-state index is 5.35. The minimum Gasteiger partial charge on any atom is -0.497 e. The van der Waals surface area contributed by atoms with Gasteiger partial charge in [-0.1, -0.05) is 36.4 Å². The van der Waals surface area contributed by atoms with Gasteiger partial charge in [0.05, 0.1) is 18.8 Å². The number of para-hydroxylation sites is 1. The van der Waals surface area contributed by atoms with Crippen molar-refractivity contribution in [3.05, 3.63) is 95.4 Å². The van der Waals surface area contributed by atoms with E-state index in [0.717, 1.165) is 25.3 Å². The average molecular weight is 412 g/mol. The number of hydrogen-bond acceptors (Lipinski definition) is 3. The number of ether oxygens (including phenoxy) is 1. The molecule has 2 aromatic carbocycles. The monoisotopic (exact) mass is 411 g/mol. The predicted octanol–water partition coefficient (Wildman–Crippen LogP) is 5.51. The van der Waals surface area contributed by atoms with Crippen LogP contribution in [-0.2, 0) is 20.0 Å². The number of aryl methyl sites for hydroxylation is 1. The molecule has 0 N–H and O–H groups in total. The average Bonchev–Trinajstić information content (AvgIpc) is 3.39. The van der Waals surface area contributed by atoms with Crippen molar-refractivity contribution >= 4 is 10.9 Å². The molecule has 1 aliphatic heterocycles. The summed E-state index contributed by atoms with van der Waals surface area (Å²) in [6.45, 7) is 2.10. The summed E-state index contributed by atoms with van der Waals surface area (Å²) in [5, 5.41) is 1.36. The van der Waals surface area contributed by atoms with Gasteiger partial charge in [0, 0.05) is 36.9 Å². The molecule has 4 nitrogen and oxygen atoms in total. The second-order valence-electron chi connectivity index (χ2n) is 8.53. The smallest absolute Gasteiger partial charge is 0.119 e. The Kier molecular flexibility index (Phi) is 5.47. The lowest BCUT2D eigenvalue weighted by Crippen LogP contribution is -2.23. The number of benzene rings is 2. The van der Waals surface area contributed by atoms with E-state index < -0.39 is 0 Å². The Hall–Kier alpha value is -3.11. The van der Waals surface area contributed by atoms with Crippen molar-refractivity contribution < 1.29 is 4.74 Å². The van der Waals surface area contributed by atoms with Crippen LogP contribution in [0.1, 0.15) is 41.3 Å². The Morgan fingerprint density at radius 2 is 1.94 bits per heavy atom. The van der Waals surface area contributed by atoms with Gasteiger partial charge >= 0.3 is 0 Å². The van der Waals surface area contributed by atoms with Gasteiger partial charge in [0.25, 0.3) is 0 Å². The molecule has 31 heavy (non-hydrogen) atoms. The Bertz CT molecular complexity index is 1180. The van der Waals surface area contributed by atoms with E-state index >= 15 is 0 Å². The predicted molar refractivity (Wildman–Crippen MR) is 125 cm³/mol. The minimum atomic E-state index is 0.393. The highest BCUT2D eigenvalue weighted by atomic mass is 16.5. The van der Waals surface area contributed by atoms with E-state index in [2.05, 4.69) is 71.2 Å². The van der Waals surface area contributed by atoms with Gasteiger partial charge in [-0.15, -0.1) is 0 Å². The first kappa shape index (κ1) is 19.8. The molecule has 1 saturated heterocycles. The maximum Gasteiger partial charge on any atom is 0.119 e. The van der Waals surface area contributed by atoms with Crippen molar-refractivity contribution in [1.82, 2.24) is 14.5 Å². The fourth-order valence-corrected chi connectivity index (χ4v) is 4.88. The van der Waals surface area contributed by atoms with Crippen LogP contribution in [0.4, 0.5) is 0 Å². The molecule has 0 bridgehead atoms. The van der Waals surface area contributed by atoms with Gasteiger partial charge in [-0.05, 0) is 66.8 Å². The van der Waals surface area contributed by atoms with E-state index in [1.165, 1.54) is 46.1 Å². The molecular weight excluding hydrogens is 382 g/mol. The quantitative estimate of drug-likeness (QED) is 0.419. The zero-order valence-corrected chi connectivity index (χ0v) is 18.3. The molecule has 4 aromatic rings. The molecule has 3 heterocycles. The number of methoxy groups -OCH3 is 1. The fourth-order valence-electron chi connectivity index (χ4n) is 4.88. The lowest BCUT2D eigenvalue weighted by atomic mass is 10.0. The molecular formula is C27H29N3O. The van der Waals surface area contributed by atoms with Crippen LogP contribution in [0.25, 0.3) is 10.9 Å². The molecule has 0 spiro atoms. The summed E-state index contributed by atoms with van der Waals surface area (Å²) in [5.41, 5.74) is 6.36. The highest BCUT2D eigenvalue weighted by Gasteiger charge is 2.27. The zero-order chi connectivity index (χ0) is 21.2. The van der Waals surface area contributed by atoms with Crippen LogP contribution in [0.2, 0.25) is 0 Å². The number of fused-ring (bicyclic) bond motifs is 1. The molecule has 1 aliphatic rings. The van der Waals surface area contributed by atoms with E-state index in [-0.39, 0.29) is 0 Å². The second kappa shape index (κ2) is 8.56. The van der Waals surface area contributed by atoms with Gasteiger partial charge in [-0.2, -0.15) is 0 Å². The summed E-state index contributed by atoms with van der Waals surface area (Å²) >= 11 is 0. The standard InChI is InChI=1S/C27H29N3O/c1-29-18-22(24-9-3-4-10-26(24)29)19-30-14-6-11-27(30)25-13-12-21(17-28-25)15-20-7-5-8-23(16-20)31-2/h3-5,7-10,12-13,16-18,27H,6,11,14-15,19H2,1-2H3/t27-/m0/s1. The molecule has 0 amide bonds. The van der Waals surface area contributed by atoms with Crippen molar-refractivity contribution in [1.29, 1.82) is 0 Å². The highest BCUT2D eigenvalue weighted by Crippen LogP contribution is 2.34. The fraction of sp³-hybridized carbons (Fsp3) is 0.296. The summed E-state index contributed by atoms with van der Waals surface area (Å²) in [6, 6.07) is 21.8. The van der Waals surface area contributed by atoms with Crippen LogP contribution in [0.3, 0.4) is 0 Å². The van der Waals surface area contributed by atoms with Gasteiger partial charge < -0.3 is 9.30 Å². The van der Waals surface area contributed by atoms with E-state index in [1.54, 1.807) is 7.11 Å². The summed E-state index contributed by atoms with van der Waals surface area (Å²) in [5.74, 6) is 0.900. The summed E-state index contributed by atoms with van der Waals surface area (Å²) in [4.78, 5) is 7.47. The van der Waals surface area contributed by atoms with Crippen molar-refractivity contribution in [2.75, 3.05) is 13.7 Å². The first-order valence-corrected chi connectivity index (χ1v) is 11.1. The molecule has 158 valence electrons. The van der Waals surface area contributed by atoms with Crippen molar-refractivity contribution in [3.63, 3.8) is 0 Å². The molecule has 0 aliphatic carbocycles. The Morgan fingerprint density at radius 3 is 2.77 bits per heavy atom. The molecule has 0 unspecified atom stereocenters. The molecule has 2 aromatic heterocycles. The molecule has 1 fully saturated rings. The Balaban J connectivity index is 1.32. The number of likely N-dealkylation sites (tertiary alicyclic amines) is 1. The molecule has 5 rings (SSSR count). The zero-order valence-electron chi connectivity index (χ0n) is 18.3. The Labute approximate surface area is 184 Å². The lowest BCUT2D eigenvalue weighted by Gasteiger charge is -2.24. The summed E-state index contributed by atoms with van der Waals surface area (Å²) in [6.07, 6.45) is 7.60. The normalized spacial score (nSPS) is 16.8. The SMILES string of the molecule is COc1cccc(Cc2ccc([C@@H]3CCCN3Cc3cn(C)c4ccccc34)nc2)c1. The number of aromatic nitrogens is 2. The number of rotatable bonds is 6. The largest absolute Gasteiger partial charge is 0.497 e. The number of hydrogen-bond donors (Lipinski definition) is 0. The van der Waals surface area contributed by atoms with Crippen molar-refractivity contribution in [2.24, 2.45) is 7.05 Å². The molecule has 4 heteroatoms. The third kappa shape index (κ3) is 4.08. The van der Waals surface area contributed by atoms with E-state index in [0.29, 0.717) is 6.04 Å². The van der Waals surface area contributed by atoms with Crippen molar-refractivity contribution in [2.45, 2.75) is 31.8 Å². The van der Waals surface area contributed by atoms with E-state index in [9.17, 15) is 0 Å². The lowest BCUT2D eigenvalue weighted by molar-refractivity contribution is 0.245.